The number of carboxylic acids is 1. The third-order valence-corrected chi connectivity index (χ3v) is 17.1. The van der Waals surface area contributed by atoms with E-state index in [9.17, 15) is 63.3 Å². The Morgan fingerprint density at radius 1 is 0.546 bits per heavy atom. The van der Waals surface area contributed by atoms with Crippen LogP contribution < -0.4 is 91.7 Å². The first kappa shape index (κ1) is 80.5. The lowest BCUT2D eigenvalue weighted by Gasteiger charge is -2.30. The molecule has 6 aromatic rings. The maximum absolute atomic E-state index is 15.2. The first-order valence-electron chi connectivity index (χ1n) is 34.1. The Labute approximate surface area is 616 Å². The number of hydrazine groups is 2. The predicted molar refractivity (Wildman–Crippen MR) is 383 cm³/mol. The summed E-state index contributed by atoms with van der Waals surface area (Å²) in [6, 6.07) is 17.0. The molecule has 0 bridgehead atoms. The number of aromatic amines is 1. The molecule has 108 heavy (non-hydrogen) atoms. The van der Waals surface area contributed by atoms with Gasteiger partial charge in [-0.25, -0.2) is 26.1 Å². The zero-order chi connectivity index (χ0) is 78.0. The summed E-state index contributed by atoms with van der Waals surface area (Å²) >= 11 is 0. The average molecular weight is 1490 g/mol. The van der Waals surface area contributed by atoms with E-state index in [1.807, 2.05) is 0 Å². The first-order valence-corrected chi connectivity index (χ1v) is 34.1. The number of Topliss-reactive ketones (excluding diaryl/α,β-unsaturated/α-hetero) is 1. The molecule has 12 amide bonds. The monoisotopic (exact) mass is 1490 g/mol. The number of fused-ring (bicyclic) bond motifs is 1. The van der Waals surface area contributed by atoms with Crippen LogP contribution in [0.1, 0.15) is 66.1 Å². The van der Waals surface area contributed by atoms with Crippen molar-refractivity contribution in [2.75, 3.05) is 11.9 Å². The highest BCUT2D eigenvalue weighted by molar-refractivity contribution is 6.34. The molecule has 1 saturated heterocycles. The van der Waals surface area contributed by atoms with Gasteiger partial charge in [0.25, 0.3) is 11.7 Å². The highest BCUT2D eigenvalue weighted by Gasteiger charge is 2.39. The van der Waals surface area contributed by atoms with Crippen LogP contribution in [-0.2, 0) is 106 Å². The lowest BCUT2D eigenvalue weighted by atomic mass is 9.99. The number of carbonyl (C=O) groups is 14. The number of H-pyrrole nitrogens is 1. The minimum atomic E-state index is -2.34. The van der Waals surface area contributed by atoms with Gasteiger partial charge >= 0.3 is 5.97 Å². The smallest absolute Gasteiger partial charge is 0.373 e. The molecule has 11 atom stereocenters. The van der Waals surface area contributed by atoms with Crippen LogP contribution >= 0.6 is 0 Å². The van der Waals surface area contributed by atoms with E-state index >= 15 is 19.2 Å². The molecule has 1 unspecified atom stereocenters. The molecule has 5 aromatic carbocycles. The van der Waals surface area contributed by atoms with E-state index in [2.05, 4.69) is 90.2 Å². The van der Waals surface area contributed by atoms with Crippen LogP contribution in [0.2, 0.25) is 0 Å². The van der Waals surface area contributed by atoms with Gasteiger partial charge in [-0.05, 0) is 72.2 Å². The number of rotatable bonds is 24. The van der Waals surface area contributed by atoms with Gasteiger partial charge in [0.1, 0.15) is 71.9 Å². The molecular formula is C71H84N20O17. The van der Waals surface area contributed by atoms with E-state index in [-0.39, 0.29) is 67.1 Å². The van der Waals surface area contributed by atoms with Crippen molar-refractivity contribution in [3.63, 3.8) is 0 Å². The molecular weight excluding hydrogens is 1400 g/mol. The van der Waals surface area contributed by atoms with E-state index in [4.69, 9.17) is 16.9 Å². The standard InChI is InChI=1S/C71H84N20O17/c1-37-60(97)81-51(29-40-16-9-4-10-17-40)66(103)87-59(69(106)91-88-48(58(96)70(107)108)26-41-19-22-44(92)23-20-41)86-57(95)34-55(90-89-54-30-42-21-24-45(93)32-47(42)80-67(54)104)68(105)84-52(31-43-35-75-36-77-43)65(102)79-46(18-11-25-76-71(73)74)61(98)82-49(27-38-12-5-2-6-13-38)63(100)83-50(28-39-14-7-3-8-15-39)64(101)85-53(33-56(72)94)62(99)78-37/h2-10,12-17,19-24,32,35-37,46,48-55,59,88-90,92-93H,11,18,25-31,33-34H2,1H3,(H2,72,94)(H,75,77)(H,78,99)(H,79,102)(H,80,104)(H,81,97)(H,82,98)(H,83,100)(H,84,105)(H,85,101)(H,86,95)(H,87,103)(H,91,106)(H,107,108)(H4,73,74,76)/t37-,46-,48-,49+,50-,51+,52+,53+,54-,55+,59?/m0/s1. The molecule has 24 N–H and O–H groups in total. The number of anilines is 1. The van der Waals surface area contributed by atoms with Crippen molar-refractivity contribution < 1.29 is 82.4 Å². The van der Waals surface area contributed by atoms with Gasteiger partial charge < -0.3 is 90.3 Å². The van der Waals surface area contributed by atoms with Gasteiger partial charge in [-0.1, -0.05) is 109 Å². The molecule has 1 aromatic heterocycles. The van der Waals surface area contributed by atoms with Gasteiger partial charge in [-0.3, -0.25) is 73.2 Å². The Balaban J connectivity index is 1.22. The van der Waals surface area contributed by atoms with E-state index in [0.717, 1.165) is 0 Å². The largest absolute Gasteiger partial charge is 0.508 e. The summed E-state index contributed by atoms with van der Waals surface area (Å²) in [6.07, 6.45) is -3.88. The van der Waals surface area contributed by atoms with Crippen LogP contribution in [0.15, 0.2) is 146 Å². The number of nitrogens with zero attached hydrogens (tertiary/aromatic N) is 1. The Bertz CT molecular complexity index is 4240. The number of aliphatic carboxylic acids is 1. The molecule has 0 spiro atoms. The molecule has 2 aliphatic heterocycles. The van der Waals surface area contributed by atoms with E-state index < -0.39 is 187 Å². The van der Waals surface area contributed by atoms with Crippen LogP contribution in [0.3, 0.4) is 0 Å². The molecule has 3 heterocycles. The summed E-state index contributed by atoms with van der Waals surface area (Å²) < 4.78 is 0. The fourth-order valence-corrected chi connectivity index (χ4v) is 11.4. The molecule has 8 rings (SSSR count). The number of amides is 12. The van der Waals surface area contributed by atoms with Crippen LogP contribution in [-0.4, -0.2) is 187 Å². The van der Waals surface area contributed by atoms with Crippen LogP contribution in [0.25, 0.3) is 0 Å². The molecule has 1 fully saturated rings. The van der Waals surface area contributed by atoms with Crippen molar-refractivity contribution in [1.29, 1.82) is 5.41 Å². The highest BCUT2D eigenvalue weighted by Crippen LogP contribution is 2.27. The summed E-state index contributed by atoms with van der Waals surface area (Å²) in [7, 11) is 0. The quantitative estimate of drug-likeness (QED) is 0.00893. The Hall–Kier alpha value is -13.2. The second-order valence-electron chi connectivity index (χ2n) is 25.5. The summed E-state index contributed by atoms with van der Waals surface area (Å²) in [5, 5.41) is 65.6. The SMILES string of the molecule is C[C@@H]1NC(=O)[C@@H](CC(N)=O)NC(=O)[C@H](Cc2ccccc2)NC(=O)[C@@H](Cc2ccccc2)NC(=O)[C@H](CCCNC(=N)N)NC(=O)[C@@H](Cc2cnc[nH]2)NC(=O)[C@H](NN[C@H]2Cc3ccc(O)cc3NC2=O)CC(=O)NC(C(=O)NN[C@@H](Cc2ccc(O)cc2)C(=O)C(=O)O)NC(=O)[C@@H](Cc2ccccc2)NC1=O. The summed E-state index contributed by atoms with van der Waals surface area (Å²) in [6.45, 7) is 1.13. The lowest BCUT2D eigenvalue weighted by Crippen LogP contribution is -2.65. The number of carbonyl (C=O) groups excluding carboxylic acids is 13. The maximum atomic E-state index is 15.2. The third-order valence-electron chi connectivity index (χ3n) is 17.1. The van der Waals surface area contributed by atoms with Gasteiger partial charge in [0.2, 0.25) is 65.0 Å². The Morgan fingerprint density at radius 3 is 1.57 bits per heavy atom. The van der Waals surface area contributed by atoms with Crippen molar-refractivity contribution >= 4 is 94.3 Å². The molecule has 37 nitrogen and oxygen atoms in total. The topological polar surface area (TPSA) is 585 Å². The maximum Gasteiger partial charge on any atom is 0.373 e. The number of aromatic hydroxyl groups is 2. The number of benzene rings is 5. The van der Waals surface area contributed by atoms with Gasteiger partial charge in [-0.2, -0.15) is 0 Å². The lowest BCUT2D eigenvalue weighted by molar-refractivity contribution is -0.150. The summed E-state index contributed by atoms with van der Waals surface area (Å²) in [5.74, 6) is -17.7. The predicted octanol–water partition coefficient (Wildman–Crippen LogP) is -4.48. The summed E-state index contributed by atoms with van der Waals surface area (Å²) in [5.41, 5.74) is 23.7. The second kappa shape index (κ2) is 39.1. The van der Waals surface area contributed by atoms with E-state index in [1.165, 1.54) is 61.9 Å². The number of hydrogen-bond acceptors (Lipinski definition) is 21. The number of ketones is 1. The number of phenolic OH excluding ortho intramolecular Hbond substituents is 2. The first-order chi connectivity index (χ1) is 51.6. The van der Waals surface area contributed by atoms with Crippen molar-refractivity contribution in [3.8, 4) is 11.5 Å². The molecule has 570 valence electrons. The van der Waals surface area contributed by atoms with Crippen LogP contribution in [0, 0.1) is 5.41 Å². The molecule has 0 aliphatic carbocycles. The van der Waals surface area contributed by atoms with Crippen LogP contribution in [0.5, 0.6) is 11.5 Å². The number of aromatic nitrogens is 2. The fourth-order valence-electron chi connectivity index (χ4n) is 11.4. The minimum absolute atomic E-state index is 0.00507. The normalized spacial score (nSPS) is 21.9. The van der Waals surface area contributed by atoms with Gasteiger partial charge in [-0.15, -0.1) is 0 Å². The average Bonchev–Trinajstić information content (AvgIpc) is 1.01. The zero-order valence-corrected chi connectivity index (χ0v) is 58.1. The Morgan fingerprint density at radius 2 is 1.04 bits per heavy atom. The van der Waals surface area contributed by atoms with Crippen molar-refractivity contribution in [2.24, 2.45) is 11.5 Å². The molecule has 37 heteroatoms. The second-order valence-corrected chi connectivity index (χ2v) is 25.5. The van der Waals surface area contributed by atoms with Crippen molar-refractivity contribution in [1.82, 2.24) is 84.8 Å². The molecule has 2 aliphatic rings. The number of primary amides is 1. The number of hydrogen-bond donors (Lipinski definition) is 22. The fraction of sp³-hybridized carbons (Fsp3) is 0.324. The number of nitrogens with two attached hydrogens (primary N) is 2. The third kappa shape index (κ3) is 24.8. The van der Waals surface area contributed by atoms with E-state index in [0.29, 0.717) is 22.3 Å². The van der Waals surface area contributed by atoms with Gasteiger partial charge in [0.05, 0.1) is 19.2 Å². The Kier molecular flexibility index (Phi) is 29.1. The van der Waals surface area contributed by atoms with Gasteiger partial charge in [0, 0.05) is 62.3 Å². The number of carboxylic acid groups (broad SMARTS) is 1. The van der Waals surface area contributed by atoms with E-state index in [1.54, 1.807) is 91.0 Å². The van der Waals surface area contributed by atoms with Crippen molar-refractivity contribution in [2.45, 2.75) is 138 Å². The zero-order valence-electron chi connectivity index (χ0n) is 58.1. The highest BCUT2D eigenvalue weighted by atomic mass is 16.4. The number of imidazole rings is 1. The van der Waals surface area contributed by atoms with Crippen LogP contribution in [0.4, 0.5) is 5.69 Å². The van der Waals surface area contributed by atoms with Crippen molar-refractivity contribution in [3.05, 3.63) is 179 Å². The number of nitrogens with one attached hydrogen (secondary N) is 17. The molecule has 0 radical (unpaired) electrons. The summed E-state index contributed by atoms with van der Waals surface area (Å²) in [4.78, 5) is 207. The number of guanidine groups is 1. The molecule has 0 saturated carbocycles. The minimum Gasteiger partial charge on any atom is -0.508 e. The van der Waals surface area contributed by atoms with Gasteiger partial charge in [0.15, 0.2) is 12.1 Å². The number of phenols is 2.